The maximum absolute atomic E-state index is 11.8. The molecular formula is C14H11ClINO2. The standard InChI is InChI=1S/C14H11ClINO2/c15-10-5-1-3-7-12(10)17-14(18)9-19-13-8-4-2-6-11(13)16/h1-8H,9H2,(H,17,18). The van der Waals surface area contributed by atoms with Gasteiger partial charge in [-0.15, -0.1) is 0 Å². The minimum atomic E-state index is -0.243. The Kier molecular flexibility index (Phi) is 5.04. The molecule has 0 fully saturated rings. The van der Waals surface area contributed by atoms with Crippen molar-refractivity contribution in [2.45, 2.75) is 0 Å². The van der Waals surface area contributed by atoms with Gasteiger partial charge in [0, 0.05) is 0 Å². The van der Waals surface area contributed by atoms with Crippen molar-refractivity contribution in [2.24, 2.45) is 0 Å². The normalized spacial score (nSPS) is 10.0. The van der Waals surface area contributed by atoms with E-state index in [1.165, 1.54) is 0 Å². The van der Waals surface area contributed by atoms with Crippen LogP contribution in [0.4, 0.5) is 5.69 Å². The fourth-order valence-electron chi connectivity index (χ4n) is 1.45. The molecule has 0 saturated carbocycles. The number of hydrogen-bond donors (Lipinski definition) is 1. The Morgan fingerprint density at radius 3 is 2.58 bits per heavy atom. The number of benzene rings is 2. The zero-order valence-electron chi connectivity index (χ0n) is 9.90. The molecule has 0 atom stereocenters. The van der Waals surface area contributed by atoms with Crippen molar-refractivity contribution >= 4 is 45.8 Å². The lowest BCUT2D eigenvalue weighted by atomic mass is 10.3. The van der Waals surface area contributed by atoms with Gasteiger partial charge in [-0.25, -0.2) is 0 Å². The summed E-state index contributed by atoms with van der Waals surface area (Å²) in [6.07, 6.45) is 0. The van der Waals surface area contributed by atoms with Crippen LogP contribution < -0.4 is 10.1 Å². The van der Waals surface area contributed by atoms with E-state index >= 15 is 0 Å². The van der Waals surface area contributed by atoms with Crippen LogP contribution in [0.5, 0.6) is 5.75 Å². The predicted molar refractivity (Wildman–Crippen MR) is 84.7 cm³/mol. The maximum Gasteiger partial charge on any atom is 0.262 e. The summed E-state index contributed by atoms with van der Waals surface area (Å²) < 4.78 is 6.41. The Morgan fingerprint density at radius 1 is 1.16 bits per heavy atom. The Balaban J connectivity index is 1.92. The van der Waals surface area contributed by atoms with Gasteiger partial charge in [0.1, 0.15) is 5.75 Å². The molecule has 1 amide bonds. The van der Waals surface area contributed by atoms with Crippen LogP contribution in [0.25, 0.3) is 0 Å². The molecule has 2 rings (SSSR count). The van der Waals surface area contributed by atoms with Gasteiger partial charge < -0.3 is 10.1 Å². The van der Waals surface area contributed by atoms with Crippen LogP contribution in [0.15, 0.2) is 48.5 Å². The molecule has 0 saturated heterocycles. The van der Waals surface area contributed by atoms with Gasteiger partial charge in [0.15, 0.2) is 6.61 Å². The zero-order chi connectivity index (χ0) is 13.7. The number of carbonyl (C=O) groups is 1. The second-order valence-corrected chi connectivity index (χ2v) is 5.32. The molecule has 2 aromatic carbocycles. The van der Waals surface area contributed by atoms with Gasteiger partial charge in [-0.3, -0.25) is 4.79 Å². The summed E-state index contributed by atoms with van der Waals surface area (Å²) >= 11 is 8.11. The van der Waals surface area contributed by atoms with Crippen molar-refractivity contribution in [3.63, 3.8) is 0 Å². The molecule has 0 unspecified atom stereocenters. The van der Waals surface area contributed by atoms with E-state index in [2.05, 4.69) is 27.9 Å². The Bertz CT molecular complexity index is 589. The molecule has 0 heterocycles. The summed E-state index contributed by atoms with van der Waals surface area (Å²) in [5.74, 6) is 0.449. The van der Waals surface area contributed by atoms with Gasteiger partial charge in [-0.05, 0) is 46.9 Å². The fraction of sp³-hybridized carbons (Fsp3) is 0.0714. The smallest absolute Gasteiger partial charge is 0.262 e. The largest absolute Gasteiger partial charge is 0.483 e. The molecule has 2 aromatic rings. The van der Waals surface area contributed by atoms with E-state index in [0.29, 0.717) is 16.5 Å². The van der Waals surface area contributed by atoms with Gasteiger partial charge in [0.05, 0.1) is 14.3 Å². The Labute approximate surface area is 130 Å². The highest BCUT2D eigenvalue weighted by molar-refractivity contribution is 14.1. The first kappa shape index (κ1) is 14.1. The van der Waals surface area contributed by atoms with Gasteiger partial charge in [0.25, 0.3) is 5.91 Å². The molecule has 0 spiro atoms. The molecule has 1 N–H and O–H groups in total. The van der Waals surface area contributed by atoms with Crippen molar-refractivity contribution in [1.29, 1.82) is 0 Å². The van der Waals surface area contributed by atoms with Crippen molar-refractivity contribution in [2.75, 3.05) is 11.9 Å². The van der Waals surface area contributed by atoms with Crippen LogP contribution in [0.1, 0.15) is 0 Å². The van der Waals surface area contributed by atoms with E-state index in [1.807, 2.05) is 30.3 Å². The number of carbonyl (C=O) groups excluding carboxylic acids is 1. The third kappa shape index (κ3) is 4.11. The van der Waals surface area contributed by atoms with Gasteiger partial charge in [-0.1, -0.05) is 35.9 Å². The van der Waals surface area contributed by atoms with Gasteiger partial charge in [-0.2, -0.15) is 0 Å². The van der Waals surface area contributed by atoms with Crippen LogP contribution in [-0.4, -0.2) is 12.5 Å². The molecule has 0 aliphatic carbocycles. The van der Waals surface area contributed by atoms with Crippen LogP contribution >= 0.6 is 34.2 Å². The molecule has 3 nitrogen and oxygen atoms in total. The van der Waals surface area contributed by atoms with E-state index in [9.17, 15) is 4.79 Å². The molecular weight excluding hydrogens is 377 g/mol. The second kappa shape index (κ2) is 6.77. The summed E-state index contributed by atoms with van der Waals surface area (Å²) in [5, 5.41) is 3.21. The van der Waals surface area contributed by atoms with Crippen molar-refractivity contribution in [3.8, 4) is 5.75 Å². The van der Waals surface area contributed by atoms with Crippen LogP contribution in [0.2, 0.25) is 5.02 Å². The molecule has 98 valence electrons. The zero-order valence-corrected chi connectivity index (χ0v) is 12.8. The van der Waals surface area contributed by atoms with Crippen LogP contribution in [0, 0.1) is 3.57 Å². The van der Waals surface area contributed by atoms with Crippen molar-refractivity contribution < 1.29 is 9.53 Å². The van der Waals surface area contributed by atoms with E-state index in [4.69, 9.17) is 16.3 Å². The monoisotopic (exact) mass is 387 g/mol. The van der Waals surface area contributed by atoms with Crippen molar-refractivity contribution in [3.05, 3.63) is 57.1 Å². The lowest BCUT2D eigenvalue weighted by Crippen LogP contribution is -2.20. The third-order valence-electron chi connectivity index (χ3n) is 2.34. The first-order chi connectivity index (χ1) is 9.16. The summed E-state index contributed by atoms with van der Waals surface area (Å²) in [6.45, 7) is -0.0504. The van der Waals surface area contributed by atoms with E-state index in [1.54, 1.807) is 18.2 Å². The molecule has 0 aliphatic rings. The first-order valence-electron chi connectivity index (χ1n) is 5.58. The minimum Gasteiger partial charge on any atom is -0.483 e. The highest BCUT2D eigenvalue weighted by atomic mass is 127. The predicted octanol–water partition coefficient (Wildman–Crippen LogP) is 3.96. The Morgan fingerprint density at radius 2 is 1.84 bits per heavy atom. The number of halogens is 2. The average molecular weight is 388 g/mol. The quantitative estimate of drug-likeness (QED) is 0.807. The van der Waals surface area contributed by atoms with E-state index in [-0.39, 0.29) is 12.5 Å². The molecule has 5 heteroatoms. The molecule has 19 heavy (non-hydrogen) atoms. The van der Waals surface area contributed by atoms with Gasteiger partial charge in [0.2, 0.25) is 0 Å². The minimum absolute atomic E-state index is 0.0504. The molecule has 0 aliphatic heterocycles. The summed E-state index contributed by atoms with van der Waals surface area (Å²) in [4.78, 5) is 11.8. The highest BCUT2D eigenvalue weighted by Crippen LogP contribution is 2.21. The van der Waals surface area contributed by atoms with Crippen molar-refractivity contribution in [1.82, 2.24) is 0 Å². The number of hydrogen-bond acceptors (Lipinski definition) is 2. The third-order valence-corrected chi connectivity index (χ3v) is 3.56. The van der Waals surface area contributed by atoms with E-state index in [0.717, 1.165) is 3.57 Å². The highest BCUT2D eigenvalue weighted by Gasteiger charge is 2.07. The summed E-state index contributed by atoms with van der Waals surface area (Å²) in [5.41, 5.74) is 0.584. The summed E-state index contributed by atoms with van der Waals surface area (Å²) in [7, 11) is 0. The Hall–Kier alpha value is -1.27. The molecule has 0 bridgehead atoms. The first-order valence-corrected chi connectivity index (χ1v) is 7.04. The lowest BCUT2D eigenvalue weighted by Gasteiger charge is -2.09. The van der Waals surface area contributed by atoms with Crippen LogP contribution in [0.3, 0.4) is 0 Å². The number of anilines is 1. The van der Waals surface area contributed by atoms with Crippen LogP contribution in [-0.2, 0) is 4.79 Å². The van der Waals surface area contributed by atoms with Gasteiger partial charge >= 0.3 is 0 Å². The number of ether oxygens (including phenoxy) is 1. The topological polar surface area (TPSA) is 38.3 Å². The SMILES string of the molecule is O=C(COc1ccccc1I)Nc1ccccc1Cl. The maximum atomic E-state index is 11.8. The molecule has 0 aromatic heterocycles. The fourth-order valence-corrected chi connectivity index (χ4v) is 2.18. The second-order valence-electron chi connectivity index (χ2n) is 3.75. The number of nitrogens with one attached hydrogen (secondary N) is 1. The number of amides is 1. The average Bonchev–Trinajstić information content (AvgIpc) is 2.40. The summed E-state index contributed by atoms with van der Waals surface area (Å²) in [6, 6.07) is 14.6. The number of para-hydroxylation sites is 2. The van der Waals surface area contributed by atoms with E-state index < -0.39 is 0 Å². The molecule has 0 radical (unpaired) electrons. The number of rotatable bonds is 4. The lowest BCUT2D eigenvalue weighted by molar-refractivity contribution is -0.118.